The van der Waals surface area contributed by atoms with Gasteiger partial charge in [-0.15, -0.1) is 0 Å². The molecular formula is C13H21NO. The van der Waals surface area contributed by atoms with E-state index in [0.717, 1.165) is 11.8 Å². The van der Waals surface area contributed by atoms with Crippen molar-refractivity contribution < 1.29 is 4.79 Å². The highest BCUT2D eigenvalue weighted by Gasteiger charge is 2.48. The average molecular weight is 207 g/mol. The van der Waals surface area contributed by atoms with E-state index in [9.17, 15) is 4.79 Å². The SMILES string of the molecule is CC1CCCC1NC(=O)C1CC2CC2C1. The molecule has 1 N–H and O–H groups in total. The number of carbonyl (C=O) groups is 1. The van der Waals surface area contributed by atoms with E-state index in [1.807, 2.05) is 0 Å². The summed E-state index contributed by atoms with van der Waals surface area (Å²) in [6.45, 7) is 2.27. The molecule has 3 fully saturated rings. The molecular weight excluding hydrogens is 186 g/mol. The van der Waals surface area contributed by atoms with Gasteiger partial charge >= 0.3 is 0 Å². The van der Waals surface area contributed by atoms with Crippen molar-refractivity contribution in [3.8, 4) is 0 Å². The number of fused-ring (bicyclic) bond motifs is 1. The van der Waals surface area contributed by atoms with Crippen LogP contribution in [-0.2, 0) is 4.79 Å². The molecule has 3 aliphatic rings. The Labute approximate surface area is 91.8 Å². The minimum Gasteiger partial charge on any atom is -0.353 e. The van der Waals surface area contributed by atoms with Crippen LogP contribution in [0.2, 0.25) is 0 Å². The summed E-state index contributed by atoms with van der Waals surface area (Å²) in [5.74, 6) is 3.26. The second kappa shape index (κ2) is 3.50. The zero-order valence-electron chi connectivity index (χ0n) is 9.54. The van der Waals surface area contributed by atoms with Gasteiger partial charge in [-0.25, -0.2) is 0 Å². The van der Waals surface area contributed by atoms with Crippen molar-refractivity contribution in [1.29, 1.82) is 0 Å². The van der Waals surface area contributed by atoms with Gasteiger partial charge in [0.25, 0.3) is 0 Å². The third-order valence-electron chi connectivity index (χ3n) is 4.80. The summed E-state index contributed by atoms with van der Waals surface area (Å²) < 4.78 is 0. The molecule has 3 saturated carbocycles. The molecule has 1 amide bonds. The van der Waals surface area contributed by atoms with Crippen molar-refractivity contribution in [2.24, 2.45) is 23.7 Å². The highest BCUT2D eigenvalue weighted by atomic mass is 16.2. The van der Waals surface area contributed by atoms with Crippen LogP contribution in [0.4, 0.5) is 0 Å². The van der Waals surface area contributed by atoms with Crippen LogP contribution in [0.3, 0.4) is 0 Å². The Balaban J connectivity index is 1.52. The van der Waals surface area contributed by atoms with E-state index in [-0.39, 0.29) is 0 Å². The first-order valence-corrected chi connectivity index (χ1v) is 6.54. The molecule has 0 bridgehead atoms. The molecule has 15 heavy (non-hydrogen) atoms. The van der Waals surface area contributed by atoms with E-state index in [1.165, 1.54) is 38.5 Å². The predicted octanol–water partition coefficient (Wildman–Crippen LogP) is 2.34. The Kier molecular flexibility index (Phi) is 2.26. The fraction of sp³-hybridized carbons (Fsp3) is 0.923. The topological polar surface area (TPSA) is 29.1 Å². The van der Waals surface area contributed by atoms with Crippen LogP contribution in [0.5, 0.6) is 0 Å². The minimum atomic E-state index is 0.362. The van der Waals surface area contributed by atoms with Gasteiger partial charge in [-0.1, -0.05) is 13.3 Å². The molecule has 0 heterocycles. The Morgan fingerprint density at radius 2 is 1.87 bits per heavy atom. The normalized spacial score (nSPS) is 47.7. The van der Waals surface area contributed by atoms with Gasteiger partial charge in [0.05, 0.1) is 0 Å². The maximum absolute atomic E-state index is 12.0. The van der Waals surface area contributed by atoms with Crippen LogP contribution < -0.4 is 5.32 Å². The van der Waals surface area contributed by atoms with E-state index in [4.69, 9.17) is 0 Å². The lowest BCUT2D eigenvalue weighted by Crippen LogP contribution is -2.39. The van der Waals surface area contributed by atoms with Crippen LogP contribution in [0.1, 0.15) is 45.4 Å². The second-order valence-electron chi connectivity index (χ2n) is 5.95. The fourth-order valence-corrected chi connectivity index (χ4v) is 3.59. The summed E-state index contributed by atoms with van der Waals surface area (Å²) in [4.78, 5) is 12.0. The monoisotopic (exact) mass is 207 g/mol. The third-order valence-corrected chi connectivity index (χ3v) is 4.80. The molecule has 0 aromatic rings. The first-order chi connectivity index (χ1) is 7.24. The standard InChI is InChI=1S/C13H21NO/c1-8-3-2-4-12(8)14-13(15)11-6-9-5-10(9)7-11/h8-12H,2-7H2,1H3,(H,14,15). The van der Waals surface area contributed by atoms with E-state index in [2.05, 4.69) is 12.2 Å². The Morgan fingerprint density at radius 1 is 1.13 bits per heavy atom. The van der Waals surface area contributed by atoms with Gasteiger partial charge in [-0.2, -0.15) is 0 Å². The number of carbonyl (C=O) groups excluding carboxylic acids is 1. The van der Waals surface area contributed by atoms with Gasteiger partial charge in [0.2, 0.25) is 5.91 Å². The quantitative estimate of drug-likeness (QED) is 0.740. The summed E-state index contributed by atoms with van der Waals surface area (Å²) in [6, 6.07) is 0.481. The van der Waals surface area contributed by atoms with Crippen molar-refractivity contribution in [2.75, 3.05) is 0 Å². The van der Waals surface area contributed by atoms with Gasteiger partial charge in [0.1, 0.15) is 0 Å². The van der Waals surface area contributed by atoms with Gasteiger partial charge in [-0.05, 0) is 49.9 Å². The number of hydrogen-bond acceptors (Lipinski definition) is 1. The molecule has 0 aromatic heterocycles. The molecule has 0 spiro atoms. The number of nitrogens with one attached hydrogen (secondary N) is 1. The number of amides is 1. The predicted molar refractivity (Wildman–Crippen MR) is 59.3 cm³/mol. The van der Waals surface area contributed by atoms with Crippen molar-refractivity contribution in [3.63, 3.8) is 0 Å². The van der Waals surface area contributed by atoms with Gasteiger partial charge in [-0.3, -0.25) is 4.79 Å². The summed E-state index contributed by atoms with van der Waals surface area (Å²) in [5, 5.41) is 3.27. The lowest BCUT2D eigenvalue weighted by Gasteiger charge is -2.20. The largest absolute Gasteiger partial charge is 0.353 e. The van der Waals surface area contributed by atoms with E-state index < -0.39 is 0 Å². The Hall–Kier alpha value is -0.530. The zero-order chi connectivity index (χ0) is 10.4. The highest BCUT2D eigenvalue weighted by molar-refractivity contribution is 5.79. The van der Waals surface area contributed by atoms with Gasteiger partial charge in [0.15, 0.2) is 0 Å². The lowest BCUT2D eigenvalue weighted by atomic mass is 10.0. The van der Waals surface area contributed by atoms with Crippen molar-refractivity contribution in [1.82, 2.24) is 5.32 Å². The maximum Gasteiger partial charge on any atom is 0.223 e. The Morgan fingerprint density at radius 3 is 2.47 bits per heavy atom. The number of hydrogen-bond donors (Lipinski definition) is 1. The molecule has 4 atom stereocenters. The average Bonchev–Trinajstić information content (AvgIpc) is 2.64. The molecule has 3 aliphatic carbocycles. The highest BCUT2D eigenvalue weighted by Crippen LogP contribution is 2.54. The van der Waals surface area contributed by atoms with Crippen LogP contribution in [0.25, 0.3) is 0 Å². The van der Waals surface area contributed by atoms with Gasteiger partial charge < -0.3 is 5.32 Å². The summed E-state index contributed by atoms with van der Waals surface area (Å²) in [5.41, 5.74) is 0. The molecule has 2 nitrogen and oxygen atoms in total. The van der Waals surface area contributed by atoms with E-state index in [0.29, 0.717) is 23.8 Å². The molecule has 0 radical (unpaired) electrons. The van der Waals surface area contributed by atoms with Crippen LogP contribution in [-0.4, -0.2) is 11.9 Å². The van der Waals surface area contributed by atoms with E-state index in [1.54, 1.807) is 0 Å². The molecule has 84 valence electrons. The molecule has 0 saturated heterocycles. The summed E-state index contributed by atoms with van der Waals surface area (Å²) in [6.07, 6.45) is 7.55. The van der Waals surface area contributed by atoms with Gasteiger partial charge in [0, 0.05) is 12.0 Å². The molecule has 0 aromatic carbocycles. The smallest absolute Gasteiger partial charge is 0.223 e. The molecule has 4 unspecified atom stereocenters. The molecule has 0 aliphatic heterocycles. The van der Waals surface area contributed by atoms with E-state index >= 15 is 0 Å². The van der Waals surface area contributed by atoms with Crippen molar-refractivity contribution in [3.05, 3.63) is 0 Å². The fourth-order valence-electron chi connectivity index (χ4n) is 3.59. The lowest BCUT2D eigenvalue weighted by molar-refractivity contribution is -0.126. The maximum atomic E-state index is 12.0. The third kappa shape index (κ3) is 1.79. The second-order valence-corrected chi connectivity index (χ2v) is 5.95. The molecule has 2 heteroatoms. The van der Waals surface area contributed by atoms with Crippen molar-refractivity contribution in [2.45, 2.75) is 51.5 Å². The van der Waals surface area contributed by atoms with Crippen LogP contribution >= 0.6 is 0 Å². The Bertz CT molecular complexity index is 266. The number of rotatable bonds is 2. The molecule has 3 rings (SSSR count). The first-order valence-electron chi connectivity index (χ1n) is 6.54. The summed E-state index contributed by atoms with van der Waals surface area (Å²) in [7, 11) is 0. The van der Waals surface area contributed by atoms with Crippen molar-refractivity contribution >= 4 is 5.91 Å². The summed E-state index contributed by atoms with van der Waals surface area (Å²) >= 11 is 0. The van der Waals surface area contributed by atoms with Crippen LogP contribution in [0.15, 0.2) is 0 Å². The van der Waals surface area contributed by atoms with Crippen LogP contribution in [0, 0.1) is 23.7 Å². The first kappa shape index (κ1) is 9.68. The zero-order valence-corrected chi connectivity index (χ0v) is 9.54. The minimum absolute atomic E-state index is 0.362.